The average molecular weight is 261 g/mol. The van der Waals surface area contributed by atoms with Gasteiger partial charge in [0.25, 0.3) is 0 Å². The molecule has 2 bridgehead atoms. The average Bonchev–Trinajstić information content (AvgIpc) is 3.02. The molecule has 4 atom stereocenters. The minimum absolute atomic E-state index is 0.892. The lowest BCUT2D eigenvalue weighted by Crippen LogP contribution is -2.31. The first kappa shape index (κ1) is 11.1. The first-order chi connectivity index (χ1) is 9.92. The van der Waals surface area contributed by atoms with Crippen LogP contribution < -0.4 is 0 Å². The molecule has 0 aliphatic heterocycles. The number of hydrogen-bond donors (Lipinski definition) is 0. The highest BCUT2D eigenvalue weighted by Crippen LogP contribution is 2.68. The van der Waals surface area contributed by atoms with E-state index in [1.807, 2.05) is 12.3 Å². The van der Waals surface area contributed by atoms with E-state index in [1.165, 1.54) is 30.5 Å². The summed E-state index contributed by atoms with van der Waals surface area (Å²) in [6.07, 6.45) is 7.36. The Hall–Kier alpha value is -1.63. The largest absolute Gasteiger partial charge is 0.261 e. The Labute approximate surface area is 120 Å². The first-order valence-corrected chi connectivity index (χ1v) is 7.93. The van der Waals surface area contributed by atoms with Crippen LogP contribution >= 0.6 is 0 Å². The van der Waals surface area contributed by atoms with Crippen LogP contribution in [0.15, 0.2) is 42.6 Å². The second kappa shape index (κ2) is 3.94. The fraction of sp³-hybridized carbons (Fsp3) is 0.421. The molecule has 3 aliphatic carbocycles. The van der Waals surface area contributed by atoms with Gasteiger partial charge in [0.15, 0.2) is 0 Å². The van der Waals surface area contributed by atoms with Gasteiger partial charge < -0.3 is 0 Å². The van der Waals surface area contributed by atoms with E-state index in [9.17, 15) is 0 Å². The molecular weight excluding hydrogens is 242 g/mol. The van der Waals surface area contributed by atoms with Crippen LogP contribution in [0.3, 0.4) is 0 Å². The summed E-state index contributed by atoms with van der Waals surface area (Å²) >= 11 is 0. The van der Waals surface area contributed by atoms with Crippen LogP contribution in [-0.2, 0) is 6.42 Å². The monoisotopic (exact) mass is 261 g/mol. The van der Waals surface area contributed by atoms with Gasteiger partial charge in [0, 0.05) is 18.3 Å². The zero-order chi connectivity index (χ0) is 13.1. The molecule has 2 saturated carbocycles. The van der Waals surface area contributed by atoms with Gasteiger partial charge in [0.2, 0.25) is 0 Å². The van der Waals surface area contributed by atoms with Crippen molar-refractivity contribution in [3.8, 4) is 0 Å². The highest BCUT2D eigenvalue weighted by Gasteiger charge is 2.55. The van der Waals surface area contributed by atoms with E-state index in [0.29, 0.717) is 0 Å². The van der Waals surface area contributed by atoms with Gasteiger partial charge in [-0.1, -0.05) is 24.3 Å². The number of nitrogens with zero attached hydrogens (tertiary/aromatic N) is 1. The zero-order valence-electron chi connectivity index (χ0n) is 11.6. The number of hydrogen-bond acceptors (Lipinski definition) is 1. The Morgan fingerprint density at radius 3 is 2.70 bits per heavy atom. The predicted octanol–water partition coefficient (Wildman–Crippen LogP) is 4.28. The molecule has 1 heteroatoms. The van der Waals surface area contributed by atoms with Crippen LogP contribution in [0.1, 0.15) is 53.5 Å². The summed E-state index contributed by atoms with van der Waals surface area (Å²) in [6.45, 7) is 0. The molecule has 20 heavy (non-hydrogen) atoms. The van der Waals surface area contributed by atoms with E-state index in [0.717, 1.165) is 30.1 Å². The van der Waals surface area contributed by atoms with Gasteiger partial charge in [0.05, 0.1) is 0 Å². The summed E-state index contributed by atoms with van der Waals surface area (Å²) in [5.41, 5.74) is 6.12. The lowest BCUT2D eigenvalue weighted by atomic mass is 9.60. The number of benzene rings is 1. The smallest absolute Gasteiger partial charge is 0.0447 e. The lowest BCUT2D eigenvalue weighted by Gasteiger charge is -2.44. The third-order valence-electron chi connectivity index (χ3n) is 5.94. The molecule has 0 radical (unpaired) electrons. The van der Waals surface area contributed by atoms with Crippen LogP contribution in [0.25, 0.3) is 0 Å². The van der Waals surface area contributed by atoms with Gasteiger partial charge in [-0.3, -0.25) is 4.98 Å². The molecule has 1 heterocycles. The maximum atomic E-state index is 4.50. The molecule has 2 fully saturated rings. The van der Waals surface area contributed by atoms with Crippen LogP contribution in [0.4, 0.5) is 0 Å². The molecule has 1 nitrogen and oxygen atoms in total. The van der Waals surface area contributed by atoms with Gasteiger partial charge in [0.1, 0.15) is 0 Å². The molecule has 0 N–H and O–H groups in total. The first-order valence-electron chi connectivity index (χ1n) is 7.93. The molecular formula is C19H19N. The zero-order valence-corrected chi connectivity index (χ0v) is 11.6. The SMILES string of the molecule is c1ccc(Cc2cccc3c2[C@H]2C4CCC(C4)[C@@H]32)nc1. The Balaban J connectivity index is 1.55. The minimum atomic E-state index is 0.892. The highest BCUT2D eigenvalue weighted by atomic mass is 14.7. The molecule has 3 aliphatic rings. The summed E-state index contributed by atoms with van der Waals surface area (Å²) in [5.74, 6) is 3.79. The molecule has 1 aromatic heterocycles. The quantitative estimate of drug-likeness (QED) is 0.786. The molecule has 2 unspecified atom stereocenters. The summed E-state index contributed by atoms with van der Waals surface area (Å²) in [7, 11) is 0. The summed E-state index contributed by atoms with van der Waals surface area (Å²) < 4.78 is 0. The highest BCUT2D eigenvalue weighted by molar-refractivity contribution is 5.54. The predicted molar refractivity (Wildman–Crippen MR) is 79.8 cm³/mol. The Morgan fingerprint density at radius 1 is 0.950 bits per heavy atom. The van der Waals surface area contributed by atoms with Crippen molar-refractivity contribution in [1.82, 2.24) is 4.98 Å². The van der Waals surface area contributed by atoms with Crippen molar-refractivity contribution in [2.24, 2.45) is 11.8 Å². The number of aromatic nitrogens is 1. The van der Waals surface area contributed by atoms with Crippen LogP contribution in [0.5, 0.6) is 0 Å². The van der Waals surface area contributed by atoms with E-state index in [1.54, 1.807) is 11.1 Å². The molecule has 0 amide bonds. The summed E-state index contributed by atoms with van der Waals surface area (Å²) in [4.78, 5) is 4.50. The Kier molecular flexibility index (Phi) is 2.18. The number of fused-ring (bicyclic) bond motifs is 8. The standard InChI is InChI=1S/C19H19N/c1-2-9-20-15(5-1)11-12-4-3-6-16-17(12)19-14-8-7-13(10-14)18(16)19/h1-6,9,13-14,18-19H,7-8,10-11H2/t13?,14?,18-,19+/m0/s1. The third kappa shape index (κ3) is 1.36. The van der Waals surface area contributed by atoms with Gasteiger partial charge >= 0.3 is 0 Å². The van der Waals surface area contributed by atoms with Crippen LogP contribution in [0.2, 0.25) is 0 Å². The van der Waals surface area contributed by atoms with Crippen molar-refractivity contribution in [3.63, 3.8) is 0 Å². The van der Waals surface area contributed by atoms with Gasteiger partial charge in [-0.15, -0.1) is 0 Å². The van der Waals surface area contributed by atoms with Gasteiger partial charge in [-0.2, -0.15) is 0 Å². The summed E-state index contributed by atoms with van der Waals surface area (Å²) in [6, 6.07) is 13.2. The van der Waals surface area contributed by atoms with E-state index in [2.05, 4.69) is 35.3 Å². The topological polar surface area (TPSA) is 12.9 Å². The fourth-order valence-corrected chi connectivity index (χ4v) is 5.24. The van der Waals surface area contributed by atoms with Crippen molar-refractivity contribution in [1.29, 1.82) is 0 Å². The van der Waals surface area contributed by atoms with Crippen molar-refractivity contribution in [2.45, 2.75) is 37.5 Å². The fourth-order valence-electron chi connectivity index (χ4n) is 5.24. The molecule has 100 valence electrons. The molecule has 2 aromatic rings. The van der Waals surface area contributed by atoms with Gasteiger partial charge in [-0.25, -0.2) is 0 Å². The number of rotatable bonds is 2. The van der Waals surface area contributed by atoms with E-state index in [4.69, 9.17) is 0 Å². The number of pyridine rings is 1. The third-order valence-corrected chi connectivity index (χ3v) is 5.94. The molecule has 1 aromatic carbocycles. The Morgan fingerprint density at radius 2 is 1.85 bits per heavy atom. The van der Waals surface area contributed by atoms with Crippen molar-refractivity contribution in [2.75, 3.05) is 0 Å². The van der Waals surface area contributed by atoms with Crippen molar-refractivity contribution < 1.29 is 0 Å². The molecule has 5 rings (SSSR count). The van der Waals surface area contributed by atoms with Gasteiger partial charge in [-0.05, 0) is 71.8 Å². The molecule has 0 saturated heterocycles. The summed E-state index contributed by atoms with van der Waals surface area (Å²) in [5, 5.41) is 0. The maximum Gasteiger partial charge on any atom is 0.0447 e. The van der Waals surface area contributed by atoms with E-state index < -0.39 is 0 Å². The minimum Gasteiger partial charge on any atom is -0.261 e. The Bertz CT molecular complexity index is 661. The molecule has 0 spiro atoms. The normalized spacial score (nSPS) is 32.6. The van der Waals surface area contributed by atoms with Crippen molar-refractivity contribution >= 4 is 0 Å². The van der Waals surface area contributed by atoms with Crippen LogP contribution in [0, 0.1) is 11.8 Å². The second-order valence-electron chi connectivity index (χ2n) is 6.80. The van der Waals surface area contributed by atoms with Crippen molar-refractivity contribution in [3.05, 3.63) is 65.0 Å². The maximum absolute atomic E-state index is 4.50. The van der Waals surface area contributed by atoms with E-state index in [-0.39, 0.29) is 0 Å². The van der Waals surface area contributed by atoms with Crippen LogP contribution in [-0.4, -0.2) is 4.98 Å². The lowest BCUT2D eigenvalue weighted by molar-refractivity contribution is 0.321. The second-order valence-corrected chi connectivity index (χ2v) is 6.80. The van der Waals surface area contributed by atoms with E-state index >= 15 is 0 Å².